The zero-order valence-corrected chi connectivity index (χ0v) is 21.1. The zero-order valence-electron chi connectivity index (χ0n) is 20.3. The van der Waals surface area contributed by atoms with Crippen LogP contribution in [0.15, 0.2) is 18.2 Å². The van der Waals surface area contributed by atoms with E-state index in [1.807, 2.05) is 25.1 Å². The molecule has 3 aliphatic heterocycles. The van der Waals surface area contributed by atoms with E-state index in [-0.39, 0.29) is 37.4 Å². The second kappa shape index (κ2) is 10.5. The van der Waals surface area contributed by atoms with Crippen LogP contribution in [-0.4, -0.2) is 79.6 Å². The Morgan fingerprint density at radius 3 is 2.60 bits per heavy atom. The summed E-state index contributed by atoms with van der Waals surface area (Å²) in [5.74, 6) is -0.331. The minimum absolute atomic E-state index is 0.114. The third kappa shape index (κ3) is 5.29. The minimum atomic E-state index is -3.68. The normalized spacial score (nSPS) is 24.0. The van der Waals surface area contributed by atoms with Crippen LogP contribution in [0.5, 0.6) is 5.75 Å². The Kier molecular flexibility index (Phi) is 7.64. The average molecular weight is 504 g/mol. The van der Waals surface area contributed by atoms with Crippen LogP contribution < -0.4 is 10.1 Å². The number of likely N-dealkylation sites (tertiary alicyclic amines) is 1. The van der Waals surface area contributed by atoms with Gasteiger partial charge in [0, 0.05) is 39.3 Å². The van der Waals surface area contributed by atoms with Crippen LogP contribution in [0.4, 0.5) is 0 Å². The molecule has 4 rings (SSSR count). The Balaban J connectivity index is 1.36. The Hall–Kier alpha value is -2.68. The predicted molar refractivity (Wildman–Crippen MR) is 128 cm³/mol. The van der Waals surface area contributed by atoms with Gasteiger partial charge in [-0.3, -0.25) is 9.59 Å². The molecule has 1 aromatic rings. The lowest BCUT2D eigenvalue weighted by Crippen LogP contribution is -2.57. The first-order valence-corrected chi connectivity index (χ1v) is 13.5. The zero-order chi connectivity index (χ0) is 25.2. The molecule has 3 heterocycles. The standard InChI is InChI=1S/C24H33N5O5S/c1-17-7-8-18(11-22(17)34-2)13-26-23(30)21-6-4-10-29(21)24(31)20-5-3-9-27(16-20)35(32,33)28-14-19(12-25)15-28/h7-8,11,19-21H,3-6,9-10,13-16H2,1-2H3,(H,26,30)/t20-,21+/m0/s1. The molecule has 2 atom stereocenters. The van der Waals surface area contributed by atoms with Crippen molar-refractivity contribution in [2.75, 3.05) is 39.8 Å². The third-order valence-corrected chi connectivity index (χ3v) is 9.13. The molecule has 0 spiro atoms. The number of hydrogen-bond acceptors (Lipinski definition) is 6. The van der Waals surface area contributed by atoms with Crippen LogP contribution in [0.1, 0.15) is 36.8 Å². The summed E-state index contributed by atoms with van der Waals surface area (Å²) in [6.45, 7) is 3.67. The van der Waals surface area contributed by atoms with Crippen LogP contribution in [0.25, 0.3) is 0 Å². The summed E-state index contributed by atoms with van der Waals surface area (Å²) in [5, 5.41) is 11.9. The van der Waals surface area contributed by atoms with E-state index >= 15 is 0 Å². The van der Waals surface area contributed by atoms with Crippen molar-refractivity contribution in [3.63, 3.8) is 0 Å². The van der Waals surface area contributed by atoms with Gasteiger partial charge in [0.25, 0.3) is 10.2 Å². The van der Waals surface area contributed by atoms with Crippen molar-refractivity contribution in [2.45, 2.75) is 45.2 Å². The maximum Gasteiger partial charge on any atom is 0.282 e. The largest absolute Gasteiger partial charge is 0.496 e. The number of nitrogens with one attached hydrogen (secondary N) is 1. The number of aryl methyl sites for hydroxylation is 1. The van der Waals surface area contributed by atoms with E-state index in [4.69, 9.17) is 10.00 Å². The lowest BCUT2D eigenvalue weighted by Gasteiger charge is -2.41. The van der Waals surface area contributed by atoms with Gasteiger partial charge in [-0.25, -0.2) is 0 Å². The predicted octanol–water partition coefficient (Wildman–Crippen LogP) is 1.02. The number of amides is 2. The number of rotatable bonds is 7. The fraction of sp³-hybridized carbons (Fsp3) is 0.625. The van der Waals surface area contributed by atoms with Crippen LogP contribution >= 0.6 is 0 Å². The molecule has 1 N–H and O–H groups in total. The van der Waals surface area contributed by atoms with E-state index < -0.39 is 22.2 Å². The maximum atomic E-state index is 13.4. The molecule has 3 aliphatic rings. The lowest BCUT2D eigenvalue weighted by molar-refractivity contribution is -0.142. The molecular formula is C24H33N5O5S. The molecule has 0 radical (unpaired) electrons. The van der Waals surface area contributed by atoms with Crippen LogP contribution in [0.3, 0.4) is 0 Å². The molecule has 11 heteroatoms. The number of hydrogen-bond donors (Lipinski definition) is 1. The van der Waals surface area contributed by atoms with E-state index in [1.54, 1.807) is 12.0 Å². The number of carbonyl (C=O) groups is 2. The maximum absolute atomic E-state index is 13.4. The second-order valence-corrected chi connectivity index (χ2v) is 11.5. The molecule has 0 bridgehead atoms. The molecule has 1 aromatic carbocycles. The van der Waals surface area contributed by atoms with Crippen molar-refractivity contribution in [3.8, 4) is 11.8 Å². The number of benzene rings is 1. The molecule has 3 fully saturated rings. The van der Waals surface area contributed by atoms with Gasteiger partial charge in [0.2, 0.25) is 11.8 Å². The lowest BCUT2D eigenvalue weighted by atomic mass is 9.97. The second-order valence-electron chi connectivity index (χ2n) is 9.56. The summed E-state index contributed by atoms with van der Waals surface area (Å²) in [6.07, 6.45) is 2.51. The van der Waals surface area contributed by atoms with E-state index in [0.717, 1.165) is 23.3 Å². The van der Waals surface area contributed by atoms with E-state index in [2.05, 4.69) is 11.4 Å². The van der Waals surface area contributed by atoms with E-state index in [9.17, 15) is 18.0 Å². The molecule has 0 aromatic heterocycles. The molecular weight excluding hydrogens is 470 g/mol. The highest BCUT2D eigenvalue weighted by Crippen LogP contribution is 2.29. The molecule has 0 unspecified atom stereocenters. The Morgan fingerprint density at radius 2 is 1.89 bits per heavy atom. The number of piperidine rings is 1. The SMILES string of the molecule is COc1cc(CNC(=O)[C@H]2CCCN2C(=O)[C@H]2CCCN(S(=O)(=O)N3CC(C#N)C3)C2)ccc1C. The molecule has 10 nitrogen and oxygen atoms in total. The molecule has 0 saturated carbocycles. The molecule has 190 valence electrons. The number of ether oxygens (including phenoxy) is 1. The summed E-state index contributed by atoms with van der Waals surface area (Å²) in [4.78, 5) is 28.0. The monoisotopic (exact) mass is 503 g/mol. The van der Waals surface area contributed by atoms with Gasteiger partial charge in [-0.1, -0.05) is 12.1 Å². The van der Waals surface area contributed by atoms with Crippen molar-refractivity contribution < 1.29 is 22.7 Å². The summed E-state index contributed by atoms with van der Waals surface area (Å²) in [6, 6.07) is 7.30. The van der Waals surface area contributed by atoms with Crippen molar-refractivity contribution in [2.24, 2.45) is 11.8 Å². The topological polar surface area (TPSA) is 123 Å². The average Bonchev–Trinajstić information content (AvgIpc) is 3.32. The van der Waals surface area contributed by atoms with Crippen molar-refractivity contribution >= 4 is 22.0 Å². The Bertz CT molecular complexity index is 1110. The summed E-state index contributed by atoms with van der Waals surface area (Å²) in [7, 11) is -2.07. The van der Waals surface area contributed by atoms with Crippen LogP contribution in [0, 0.1) is 30.1 Å². The first kappa shape index (κ1) is 25.4. The van der Waals surface area contributed by atoms with Crippen LogP contribution in [-0.2, 0) is 26.3 Å². The van der Waals surface area contributed by atoms with Crippen molar-refractivity contribution in [1.82, 2.24) is 18.8 Å². The molecule has 35 heavy (non-hydrogen) atoms. The van der Waals surface area contributed by atoms with Gasteiger partial charge >= 0.3 is 0 Å². The van der Waals surface area contributed by atoms with E-state index in [1.165, 1.54) is 8.61 Å². The summed E-state index contributed by atoms with van der Waals surface area (Å²) >= 11 is 0. The van der Waals surface area contributed by atoms with E-state index in [0.29, 0.717) is 38.9 Å². The van der Waals surface area contributed by atoms with Crippen molar-refractivity contribution in [3.05, 3.63) is 29.3 Å². The van der Waals surface area contributed by atoms with Gasteiger partial charge in [0.05, 0.1) is 25.0 Å². The molecule has 3 saturated heterocycles. The van der Waals surface area contributed by atoms with Crippen molar-refractivity contribution in [1.29, 1.82) is 5.26 Å². The minimum Gasteiger partial charge on any atom is -0.496 e. The fourth-order valence-corrected chi connectivity index (χ4v) is 6.84. The first-order valence-electron chi connectivity index (χ1n) is 12.1. The number of carbonyl (C=O) groups excluding carboxylic acids is 2. The van der Waals surface area contributed by atoms with Gasteiger partial charge in [-0.2, -0.15) is 22.3 Å². The Labute approximate surface area is 207 Å². The highest BCUT2D eigenvalue weighted by atomic mass is 32.2. The smallest absolute Gasteiger partial charge is 0.282 e. The van der Waals surface area contributed by atoms with Gasteiger partial charge in [-0.05, 0) is 49.8 Å². The van der Waals surface area contributed by atoms with Crippen LogP contribution in [0.2, 0.25) is 0 Å². The highest BCUT2D eigenvalue weighted by molar-refractivity contribution is 7.86. The number of nitriles is 1. The van der Waals surface area contributed by atoms with Gasteiger partial charge < -0.3 is 15.0 Å². The number of methoxy groups -OCH3 is 1. The quantitative estimate of drug-likeness (QED) is 0.593. The third-order valence-electron chi connectivity index (χ3n) is 7.19. The Morgan fingerprint density at radius 1 is 1.14 bits per heavy atom. The molecule has 2 amide bonds. The molecule has 0 aliphatic carbocycles. The fourth-order valence-electron chi connectivity index (χ4n) is 5.04. The van der Waals surface area contributed by atoms with Gasteiger partial charge in [-0.15, -0.1) is 0 Å². The summed E-state index contributed by atoms with van der Waals surface area (Å²) < 4.78 is 33.9. The summed E-state index contributed by atoms with van der Waals surface area (Å²) in [5.41, 5.74) is 1.92. The first-order chi connectivity index (χ1) is 16.7. The highest BCUT2D eigenvalue weighted by Gasteiger charge is 2.44. The van der Waals surface area contributed by atoms with Gasteiger partial charge in [0.15, 0.2) is 0 Å². The van der Waals surface area contributed by atoms with Gasteiger partial charge in [0.1, 0.15) is 11.8 Å². The number of nitrogens with zero attached hydrogens (tertiary/aromatic N) is 4.